The van der Waals surface area contributed by atoms with E-state index in [0.29, 0.717) is 13.1 Å². The molecule has 0 aromatic rings. The van der Waals surface area contributed by atoms with Crippen molar-refractivity contribution in [2.75, 3.05) is 39.9 Å². The molecule has 1 heterocycles. The fourth-order valence-electron chi connectivity index (χ4n) is 1.81. The molecule has 0 radical (unpaired) electrons. The lowest BCUT2D eigenvalue weighted by Crippen LogP contribution is -2.29. The van der Waals surface area contributed by atoms with E-state index in [1.165, 1.54) is 0 Å². The zero-order valence-corrected chi connectivity index (χ0v) is 13.9. The van der Waals surface area contributed by atoms with Crippen LogP contribution in [0, 0.1) is 0 Å². The fourth-order valence-corrected chi connectivity index (χ4v) is 1.81. The van der Waals surface area contributed by atoms with Crippen LogP contribution in [0.25, 0.3) is 0 Å². The Hall–Kier alpha value is -1.84. The Morgan fingerprint density at radius 1 is 1.17 bits per heavy atom. The van der Waals surface area contributed by atoms with Crippen LogP contribution in [0.2, 0.25) is 0 Å². The molecular weight excluding hydrogens is 306 g/mol. The first-order chi connectivity index (χ1) is 10.8. The molecule has 9 heteroatoms. The quantitative estimate of drug-likeness (QED) is 0.393. The third-order valence-electron chi connectivity index (χ3n) is 2.84. The van der Waals surface area contributed by atoms with Crippen molar-refractivity contribution in [3.8, 4) is 0 Å². The second kappa shape index (κ2) is 15.1. The van der Waals surface area contributed by atoms with Gasteiger partial charge in [0.25, 0.3) is 0 Å². The Morgan fingerprint density at radius 3 is 1.91 bits per heavy atom. The lowest BCUT2D eigenvalue weighted by Gasteiger charge is -2.21. The first-order valence-corrected chi connectivity index (χ1v) is 7.38. The molecule has 1 rings (SSSR count). The molecular formula is C14H29N3O6. The van der Waals surface area contributed by atoms with Crippen molar-refractivity contribution in [1.29, 1.82) is 0 Å². The van der Waals surface area contributed by atoms with E-state index < -0.39 is 12.2 Å². The van der Waals surface area contributed by atoms with Crippen molar-refractivity contribution in [3.63, 3.8) is 0 Å². The van der Waals surface area contributed by atoms with Crippen LogP contribution in [0.4, 0.5) is 9.59 Å². The van der Waals surface area contributed by atoms with E-state index in [2.05, 4.69) is 15.5 Å². The van der Waals surface area contributed by atoms with Crippen molar-refractivity contribution in [2.45, 2.75) is 26.3 Å². The van der Waals surface area contributed by atoms with Gasteiger partial charge in [-0.1, -0.05) is 6.08 Å². The zero-order valence-electron chi connectivity index (χ0n) is 13.9. The molecule has 0 aliphatic carbocycles. The molecule has 1 unspecified atom stereocenters. The van der Waals surface area contributed by atoms with E-state index in [0.717, 1.165) is 18.5 Å². The number of aliphatic hydroxyl groups is 2. The molecule has 0 bridgehead atoms. The molecule has 0 spiro atoms. The minimum absolute atomic E-state index is 0.120. The minimum Gasteiger partial charge on any atom is -0.465 e. The van der Waals surface area contributed by atoms with E-state index >= 15 is 0 Å². The Balaban J connectivity index is 0. The van der Waals surface area contributed by atoms with Gasteiger partial charge in [0.2, 0.25) is 0 Å². The standard InChI is InChI=1S/C8H15NO2.2C3H7NO2/c1-9-4-2-7(6-11)8(9)3-5-10;2*1-2-4-3(5)6/h2,8,10-11H,3-6H2,1H3;2*4H,2H2,1H3,(H,5,6). The topological polar surface area (TPSA) is 142 Å². The number of likely N-dealkylation sites (N-methyl/N-ethyl adjacent to an activating group) is 1. The molecule has 136 valence electrons. The molecule has 0 saturated carbocycles. The number of amides is 2. The highest BCUT2D eigenvalue weighted by atomic mass is 16.4. The third-order valence-corrected chi connectivity index (χ3v) is 2.84. The summed E-state index contributed by atoms with van der Waals surface area (Å²) in [4.78, 5) is 21.1. The Bertz CT molecular complexity index is 346. The Kier molecular flexibility index (Phi) is 15.4. The number of rotatable bonds is 5. The van der Waals surface area contributed by atoms with Gasteiger partial charge in [-0.3, -0.25) is 4.90 Å². The van der Waals surface area contributed by atoms with Gasteiger partial charge in [0.15, 0.2) is 0 Å². The largest absolute Gasteiger partial charge is 0.465 e. The number of carboxylic acid groups (broad SMARTS) is 2. The van der Waals surface area contributed by atoms with Crippen molar-refractivity contribution in [2.24, 2.45) is 0 Å². The molecule has 0 aromatic heterocycles. The van der Waals surface area contributed by atoms with Crippen LogP contribution in [-0.4, -0.2) is 83.5 Å². The van der Waals surface area contributed by atoms with Gasteiger partial charge in [-0.05, 0) is 32.9 Å². The summed E-state index contributed by atoms with van der Waals surface area (Å²) in [6.45, 7) is 5.62. The summed E-state index contributed by atoms with van der Waals surface area (Å²) in [7, 11) is 2.00. The summed E-state index contributed by atoms with van der Waals surface area (Å²) in [6, 6.07) is 0.255. The van der Waals surface area contributed by atoms with Crippen LogP contribution in [0.1, 0.15) is 20.3 Å². The number of nitrogens with one attached hydrogen (secondary N) is 2. The monoisotopic (exact) mass is 335 g/mol. The van der Waals surface area contributed by atoms with Crippen LogP contribution >= 0.6 is 0 Å². The van der Waals surface area contributed by atoms with E-state index in [4.69, 9.17) is 20.4 Å². The number of aliphatic hydroxyl groups excluding tert-OH is 2. The molecule has 6 N–H and O–H groups in total. The summed E-state index contributed by atoms with van der Waals surface area (Å²) in [5, 5.41) is 37.5. The highest BCUT2D eigenvalue weighted by Crippen LogP contribution is 2.18. The van der Waals surface area contributed by atoms with Crippen molar-refractivity contribution < 1.29 is 30.0 Å². The molecule has 1 aliphatic rings. The molecule has 1 atom stereocenters. The van der Waals surface area contributed by atoms with E-state index in [9.17, 15) is 9.59 Å². The maximum absolute atomic E-state index is 9.49. The van der Waals surface area contributed by atoms with Gasteiger partial charge in [-0.2, -0.15) is 0 Å². The van der Waals surface area contributed by atoms with Crippen LogP contribution in [0.15, 0.2) is 11.6 Å². The van der Waals surface area contributed by atoms with Crippen LogP contribution in [-0.2, 0) is 0 Å². The number of hydrogen-bond acceptors (Lipinski definition) is 5. The Morgan fingerprint density at radius 2 is 1.65 bits per heavy atom. The normalized spacial score (nSPS) is 16.2. The number of carbonyl (C=O) groups is 2. The lowest BCUT2D eigenvalue weighted by molar-refractivity contribution is 0.194. The van der Waals surface area contributed by atoms with E-state index in [-0.39, 0.29) is 19.3 Å². The summed E-state index contributed by atoms with van der Waals surface area (Å²) in [6.07, 6.45) is 0.832. The SMILES string of the molecule is CCNC(=O)O.CCNC(=O)O.CN1CC=C(CO)C1CCO. The number of nitrogens with zero attached hydrogens (tertiary/aromatic N) is 1. The second-order valence-electron chi connectivity index (χ2n) is 4.58. The van der Waals surface area contributed by atoms with Gasteiger partial charge in [0.1, 0.15) is 0 Å². The van der Waals surface area contributed by atoms with Crippen LogP contribution in [0.3, 0.4) is 0 Å². The summed E-state index contributed by atoms with van der Waals surface area (Å²) >= 11 is 0. The average Bonchev–Trinajstić information content (AvgIpc) is 2.81. The Labute approximate surface area is 136 Å². The molecule has 23 heavy (non-hydrogen) atoms. The van der Waals surface area contributed by atoms with E-state index in [1.54, 1.807) is 13.8 Å². The second-order valence-corrected chi connectivity index (χ2v) is 4.58. The van der Waals surface area contributed by atoms with Crippen molar-refractivity contribution in [3.05, 3.63) is 11.6 Å². The fraction of sp³-hybridized carbons (Fsp3) is 0.714. The first-order valence-electron chi connectivity index (χ1n) is 7.38. The highest BCUT2D eigenvalue weighted by Gasteiger charge is 2.22. The summed E-state index contributed by atoms with van der Waals surface area (Å²) < 4.78 is 0. The van der Waals surface area contributed by atoms with Crippen molar-refractivity contribution >= 4 is 12.2 Å². The zero-order chi connectivity index (χ0) is 18.3. The molecule has 1 aliphatic heterocycles. The van der Waals surface area contributed by atoms with Gasteiger partial charge in [-0.25, -0.2) is 9.59 Å². The first kappa shape index (κ1) is 23.4. The maximum atomic E-state index is 9.49. The van der Waals surface area contributed by atoms with Gasteiger partial charge in [0, 0.05) is 32.3 Å². The van der Waals surface area contributed by atoms with Gasteiger partial charge < -0.3 is 31.1 Å². The molecule has 2 amide bonds. The molecule has 0 fully saturated rings. The summed E-state index contributed by atoms with van der Waals surface area (Å²) in [5.41, 5.74) is 1.04. The van der Waals surface area contributed by atoms with Gasteiger partial charge in [0.05, 0.1) is 6.61 Å². The minimum atomic E-state index is -0.961. The van der Waals surface area contributed by atoms with Crippen molar-refractivity contribution in [1.82, 2.24) is 15.5 Å². The summed E-state index contributed by atoms with van der Waals surface area (Å²) in [5.74, 6) is 0. The predicted octanol–water partition coefficient (Wildman–Crippen LogP) is 0.149. The van der Waals surface area contributed by atoms with Crippen LogP contribution in [0.5, 0.6) is 0 Å². The van der Waals surface area contributed by atoms with E-state index in [1.807, 2.05) is 13.1 Å². The smallest absolute Gasteiger partial charge is 0.404 e. The molecule has 0 saturated heterocycles. The lowest BCUT2D eigenvalue weighted by atomic mass is 10.1. The van der Waals surface area contributed by atoms with Gasteiger partial charge in [-0.15, -0.1) is 0 Å². The third kappa shape index (κ3) is 13.5. The number of hydrogen-bond donors (Lipinski definition) is 6. The highest BCUT2D eigenvalue weighted by molar-refractivity contribution is 5.64. The predicted molar refractivity (Wildman–Crippen MR) is 86.7 cm³/mol. The van der Waals surface area contributed by atoms with Crippen LogP contribution < -0.4 is 10.6 Å². The maximum Gasteiger partial charge on any atom is 0.404 e. The molecule has 9 nitrogen and oxygen atoms in total. The molecule has 0 aromatic carbocycles. The average molecular weight is 335 g/mol. The van der Waals surface area contributed by atoms with Gasteiger partial charge >= 0.3 is 12.2 Å².